The summed E-state index contributed by atoms with van der Waals surface area (Å²) in [4.78, 5) is 0. The highest BCUT2D eigenvalue weighted by Gasteiger charge is 2.35. The number of hydrogen-bond acceptors (Lipinski definition) is 0. The Bertz CT molecular complexity index is 638. The normalized spacial score (nSPS) is 11.9. The minimum atomic E-state index is -0.0650. The van der Waals surface area contributed by atoms with Gasteiger partial charge in [-0.05, 0) is 35.4 Å². The van der Waals surface area contributed by atoms with Crippen LogP contribution >= 0.6 is 8.58 Å². The third-order valence-electron chi connectivity index (χ3n) is 4.90. The van der Waals surface area contributed by atoms with E-state index in [0.717, 1.165) is 15.0 Å². The molecule has 3 rings (SSSR count). The molecule has 0 aliphatic carbocycles. The molecule has 0 heterocycles. The van der Waals surface area contributed by atoms with E-state index in [1.165, 1.54) is 35.4 Å². The molecule has 25 heavy (non-hydrogen) atoms. The predicted octanol–water partition coefficient (Wildman–Crippen LogP) is 6.50. The van der Waals surface area contributed by atoms with Crippen LogP contribution in [-0.4, -0.2) is 12.3 Å². The Balaban J connectivity index is 2.13. The fourth-order valence-electron chi connectivity index (χ4n) is 3.68. The van der Waals surface area contributed by atoms with Gasteiger partial charge in [0.1, 0.15) is 0 Å². The van der Waals surface area contributed by atoms with Crippen LogP contribution in [0.4, 0.5) is 0 Å². The zero-order valence-corrected chi connectivity index (χ0v) is 16.0. The first-order valence-electron chi connectivity index (χ1n) is 9.25. The molecular weight excluding hydrogens is 319 g/mol. The summed E-state index contributed by atoms with van der Waals surface area (Å²) in [6.45, 7) is 2.28. The second kappa shape index (κ2) is 8.97. The summed E-state index contributed by atoms with van der Waals surface area (Å²) in [5.74, 6) is 0. The molecule has 1 heteroatoms. The molecule has 0 saturated carbocycles. The van der Waals surface area contributed by atoms with Crippen molar-refractivity contribution in [1.82, 2.24) is 0 Å². The maximum atomic E-state index is 2.29. The topological polar surface area (TPSA) is 0 Å². The van der Waals surface area contributed by atoms with Crippen LogP contribution in [-0.2, 0) is 5.41 Å². The first-order chi connectivity index (χ1) is 12.4. The third-order valence-corrected chi connectivity index (χ3v) is 6.36. The van der Waals surface area contributed by atoms with Gasteiger partial charge in [0.2, 0.25) is 0 Å². The van der Waals surface area contributed by atoms with Crippen molar-refractivity contribution in [2.45, 2.75) is 25.2 Å². The average molecular weight is 346 g/mol. The summed E-state index contributed by atoms with van der Waals surface area (Å²) >= 11 is 0. The molecule has 0 N–H and O–H groups in total. The van der Waals surface area contributed by atoms with E-state index in [1.54, 1.807) is 0 Å². The minimum absolute atomic E-state index is 0.0650. The second-order valence-electron chi connectivity index (χ2n) is 6.50. The molecule has 0 amide bonds. The molecule has 0 spiro atoms. The molecule has 0 aliphatic rings. The summed E-state index contributed by atoms with van der Waals surface area (Å²) < 4.78 is 0. The van der Waals surface area contributed by atoms with Gasteiger partial charge >= 0.3 is 0 Å². The van der Waals surface area contributed by atoms with Gasteiger partial charge in [0.25, 0.3) is 0 Å². The van der Waals surface area contributed by atoms with Crippen LogP contribution in [0.25, 0.3) is 0 Å². The van der Waals surface area contributed by atoms with E-state index in [-0.39, 0.29) is 5.41 Å². The average Bonchev–Trinajstić information content (AvgIpc) is 2.70. The van der Waals surface area contributed by atoms with E-state index in [0.29, 0.717) is 0 Å². The highest BCUT2D eigenvalue weighted by Crippen LogP contribution is 2.43. The smallest absolute Gasteiger partial charge is 0.0454 e. The van der Waals surface area contributed by atoms with E-state index in [1.807, 2.05) is 0 Å². The summed E-state index contributed by atoms with van der Waals surface area (Å²) in [5, 5.41) is 0. The highest BCUT2D eigenvalue weighted by atomic mass is 31.1. The van der Waals surface area contributed by atoms with E-state index in [4.69, 9.17) is 0 Å². The lowest BCUT2D eigenvalue weighted by molar-refractivity contribution is 0.598. The Morgan fingerprint density at radius 1 is 0.600 bits per heavy atom. The van der Waals surface area contributed by atoms with Crippen LogP contribution in [0.1, 0.15) is 36.5 Å². The largest absolute Gasteiger partial charge is 0.122 e. The molecule has 128 valence electrons. The molecule has 3 aromatic carbocycles. The highest BCUT2D eigenvalue weighted by molar-refractivity contribution is 7.37. The van der Waals surface area contributed by atoms with Gasteiger partial charge in [-0.2, -0.15) is 0 Å². The molecular formula is C24H27P. The zero-order valence-electron chi connectivity index (χ0n) is 15.0. The zero-order chi connectivity index (χ0) is 17.4. The standard InChI is InChI=1S/C24H27P/c1-2-19-25-20-18-24(21-12-6-3-7-13-21,22-14-8-4-9-15-22)23-16-10-5-11-17-23/h3-17,25H,2,18-20H2,1H3. The van der Waals surface area contributed by atoms with Crippen molar-refractivity contribution in [2.24, 2.45) is 0 Å². The van der Waals surface area contributed by atoms with Gasteiger partial charge < -0.3 is 0 Å². The summed E-state index contributed by atoms with van der Waals surface area (Å²) in [7, 11) is 1.04. The van der Waals surface area contributed by atoms with Crippen LogP contribution in [0.5, 0.6) is 0 Å². The first-order valence-corrected chi connectivity index (χ1v) is 10.7. The van der Waals surface area contributed by atoms with E-state index in [2.05, 4.69) is 97.9 Å². The van der Waals surface area contributed by atoms with Crippen molar-refractivity contribution in [1.29, 1.82) is 0 Å². The maximum absolute atomic E-state index is 2.29. The predicted molar refractivity (Wildman–Crippen MR) is 112 cm³/mol. The van der Waals surface area contributed by atoms with Gasteiger partial charge in [-0.25, -0.2) is 0 Å². The quantitative estimate of drug-likeness (QED) is 0.248. The summed E-state index contributed by atoms with van der Waals surface area (Å²) in [6.07, 6.45) is 5.05. The Morgan fingerprint density at radius 3 is 1.36 bits per heavy atom. The van der Waals surface area contributed by atoms with Gasteiger partial charge in [-0.3, -0.25) is 0 Å². The van der Waals surface area contributed by atoms with Crippen molar-refractivity contribution >= 4 is 8.58 Å². The van der Waals surface area contributed by atoms with Gasteiger partial charge in [0.15, 0.2) is 0 Å². The van der Waals surface area contributed by atoms with Gasteiger partial charge in [0.05, 0.1) is 0 Å². The fourth-order valence-corrected chi connectivity index (χ4v) is 4.83. The lowest BCUT2D eigenvalue weighted by Crippen LogP contribution is -2.30. The Hall–Kier alpha value is -1.91. The molecule has 3 aromatic rings. The molecule has 0 nitrogen and oxygen atoms in total. The lowest BCUT2D eigenvalue weighted by atomic mass is 9.68. The van der Waals surface area contributed by atoms with Crippen molar-refractivity contribution < 1.29 is 0 Å². The number of rotatable bonds is 8. The molecule has 0 fully saturated rings. The molecule has 1 unspecified atom stereocenters. The molecule has 0 radical (unpaired) electrons. The third kappa shape index (κ3) is 4.02. The monoisotopic (exact) mass is 346 g/mol. The first kappa shape index (κ1) is 17.9. The van der Waals surface area contributed by atoms with Crippen LogP contribution in [0.2, 0.25) is 0 Å². The van der Waals surface area contributed by atoms with Crippen molar-refractivity contribution in [2.75, 3.05) is 12.3 Å². The van der Waals surface area contributed by atoms with Crippen LogP contribution in [0, 0.1) is 0 Å². The van der Waals surface area contributed by atoms with E-state index in [9.17, 15) is 0 Å². The molecule has 0 aliphatic heterocycles. The van der Waals surface area contributed by atoms with Crippen LogP contribution in [0.15, 0.2) is 91.0 Å². The van der Waals surface area contributed by atoms with Crippen LogP contribution < -0.4 is 0 Å². The summed E-state index contributed by atoms with van der Waals surface area (Å²) in [5.41, 5.74) is 4.13. The maximum Gasteiger partial charge on any atom is 0.0454 e. The summed E-state index contributed by atoms with van der Waals surface area (Å²) in [6, 6.07) is 33.1. The number of benzene rings is 3. The van der Waals surface area contributed by atoms with Crippen molar-refractivity contribution in [3.05, 3.63) is 108 Å². The van der Waals surface area contributed by atoms with Crippen molar-refractivity contribution in [3.63, 3.8) is 0 Å². The Morgan fingerprint density at radius 2 is 1.00 bits per heavy atom. The van der Waals surface area contributed by atoms with Gasteiger partial charge in [-0.15, -0.1) is 8.58 Å². The lowest BCUT2D eigenvalue weighted by Gasteiger charge is -2.36. The van der Waals surface area contributed by atoms with Crippen molar-refractivity contribution in [3.8, 4) is 0 Å². The molecule has 0 saturated heterocycles. The minimum Gasteiger partial charge on any atom is -0.122 e. The number of hydrogen-bond donors (Lipinski definition) is 0. The SMILES string of the molecule is CCCPCCC(c1ccccc1)(c1ccccc1)c1ccccc1. The van der Waals surface area contributed by atoms with Gasteiger partial charge in [-0.1, -0.05) is 104 Å². The Labute approximate surface area is 154 Å². The van der Waals surface area contributed by atoms with Crippen LogP contribution in [0.3, 0.4) is 0 Å². The van der Waals surface area contributed by atoms with E-state index < -0.39 is 0 Å². The Kier molecular flexibility index (Phi) is 6.42. The second-order valence-corrected chi connectivity index (χ2v) is 8.00. The van der Waals surface area contributed by atoms with Gasteiger partial charge in [0, 0.05) is 5.41 Å². The molecule has 0 aromatic heterocycles. The molecule has 1 atom stereocenters. The fraction of sp³-hybridized carbons (Fsp3) is 0.250. The van der Waals surface area contributed by atoms with E-state index >= 15 is 0 Å². The molecule has 0 bridgehead atoms.